The number of rotatable bonds is 4. The van der Waals surface area contributed by atoms with E-state index in [0.717, 1.165) is 6.07 Å². The molecule has 0 aliphatic carbocycles. The zero-order valence-corrected chi connectivity index (χ0v) is 9.93. The largest absolute Gasteiger partial charge is 0.321 e. The number of hydrogen-bond acceptors (Lipinski definition) is 2. The summed E-state index contributed by atoms with van der Waals surface area (Å²) in [5.41, 5.74) is 4.87. The number of Topliss-reactive ketones (excluding diaryl/α,β-unsaturated/α-hetero) is 1. The molecule has 0 aliphatic rings. The van der Waals surface area contributed by atoms with E-state index >= 15 is 0 Å². The van der Waals surface area contributed by atoms with Crippen LogP contribution in [0, 0.1) is 11.6 Å². The molecule has 86 valence electrons. The SMILES string of the molecule is C=CCC(N)C(=O)c1c(F)ccc(Br)c1F. The highest BCUT2D eigenvalue weighted by Crippen LogP contribution is 2.22. The summed E-state index contributed by atoms with van der Waals surface area (Å²) in [7, 11) is 0. The standard InChI is InChI=1S/C11H10BrF2NO/c1-2-3-8(15)11(16)9-7(13)5-4-6(12)10(9)14/h2,4-5,8H,1,3,15H2. The molecule has 0 fully saturated rings. The number of halogens is 3. The third kappa shape index (κ3) is 2.54. The zero-order valence-electron chi connectivity index (χ0n) is 8.34. The first-order valence-electron chi connectivity index (χ1n) is 4.53. The first-order valence-corrected chi connectivity index (χ1v) is 5.32. The highest BCUT2D eigenvalue weighted by molar-refractivity contribution is 9.10. The van der Waals surface area contributed by atoms with Crippen LogP contribution >= 0.6 is 15.9 Å². The number of carbonyl (C=O) groups is 1. The molecule has 1 aromatic rings. The van der Waals surface area contributed by atoms with Crippen LogP contribution in [0.3, 0.4) is 0 Å². The van der Waals surface area contributed by atoms with Gasteiger partial charge in [-0.25, -0.2) is 8.78 Å². The summed E-state index contributed by atoms with van der Waals surface area (Å²) in [4.78, 5) is 11.7. The Hall–Kier alpha value is -1.07. The maximum Gasteiger partial charge on any atom is 0.185 e. The number of hydrogen-bond donors (Lipinski definition) is 1. The lowest BCUT2D eigenvalue weighted by atomic mass is 10.0. The minimum atomic E-state index is -0.976. The molecule has 0 radical (unpaired) electrons. The monoisotopic (exact) mass is 289 g/mol. The Bertz CT molecular complexity index is 434. The highest BCUT2D eigenvalue weighted by atomic mass is 79.9. The van der Waals surface area contributed by atoms with Crippen LogP contribution < -0.4 is 5.73 Å². The Morgan fingerprint density at radius 1 is 1.56 bits per heavy atom. The van der Waals surface area contributed by atoms with Gasteiger partial charge in [0.25, 0.3) is 0 Å². The predicted octanol–water partition coefficient (Wildman–Crippen LogP) is 2.81. The van der Waals surface area contributed by atoms with Gasteiger partial charge in [0.2, 0.25) is 0 Å². The van der Waals surface area contributed by atoms with Crippen LogP contribution in [0.15, 0.2) is 29.3 Å². The number of ketones is 1. The van der Waals surface area contributed by atoms with Gasteiger partial charge in [0.15, 0.2) is 11.6 Å². The average molecular weight is 290 g/mol. The summed E-state index contributed by atoms with van der Waals surface area (Å²) < 4.78 is 26.9. The van der Waals surface area contributed by atoms with Crippen LogP contribution in [0.1, 0.15) is 16.8 Å². The van der Waals surface area contributed by atoms with Crippen molar-refractivity contribution in [2.45, 2.75) is 12.5 Å². The van der Waals surface area contributed by atoms with Crippen LogP contribution in [-0.2, 0) is 0 Å². The molecule has 0 aliphatic heterocycles. The van der Waals surface area contributed by atoms with Gasteiger partial charge in [-0.2, -0.15) is 0 Å². The molecule has 1 unspecified atom stereocenters. The topological polar surface area (TPSA) is 43.1 Å². The van der Waals surface area contributed by atoms with E-state index in [-0.39, 0.29) is 10.9 Å². The fourth-order valence-electron chi connectivity index (χ4n) is 1.22. The van der Waals surface area contributed by atoms with E-state index in [2.05, 4.69) is 22.5 Å². The van der Waals surface area contributed by atoms with E-state index < -0.39 is 29.0 Å². The lowest BCUT2D eigenvalue weighted by molar-refractivity contribution is 0.0953. The maximum atomic E-state index is 13.5. The summed E-state index contributed by atoms with van der Waals surface area (Å²) >= 11 is 2.88. The Morgan fingerprint density at radius 2 is 2.19 bits per heavy atom. The summed E-state index contributed by atoms with van der Waals surface area (Å²) in [6.07, 6.45) is 1.60. The van der Waals surface area contributed by atoms with Crippen molar-refractivity contribution in [3.8, 4) is 0 Å². The van der Waals surface area contributed by atoms with Gasteiger partial charge >= 0.3 is 0 Å². The van der Waals surface area contributed by atoms with Gasteiger partial charge in [-0.15, -0.1) is 6.58 Å². The van der Waals surface area contributed by atoms with Crippen molar-refractivity contribution in [3.63, 3.8) is 0 Å². The van der Waals surface area contributed by atoms with E-state index in [1.807, 2.05) is 0 Å². The van der Waals surface area contributed by atoms with Crippen LogP contribution in [0.5, 0.6) is 0 Å². The molecule has 0 amide bonds. The molecule has 0 aromatic heterocycles. The molecule has 16 heavy (non-hydrogen) atoms. The Labute approximate surface area is 100 Å². The van der Waals surface area contributed by atoms with Crippen molar-refractivity contribution >= 4 is 21.7 Å². The van der Waals surface area contributed by atoms with Gasteiger partial charge in [0, 0.05) is 0 Å². The first kappa shape index (κ1) is 13.0. The second kappa shape index (κ2) is 5.32. The van der Waals surface area contributed by atoms with Gasteiger partial charge < -0.3 is 5.73 Å². The molecule has 2 nitrogen and oxygen atoms in total. The molecular weight excluding hydrogens is 280 g/mol. The number of benzene rings is 1. The van der Waals surface area contributed by atoms with Gasteiger partial charge in [0.1, 0.15) is 5.82 Å². The van der Waals surface area contributed by atoms with E-state index in [9.17, 15) is 13.6 Å². The summed E-state index contributed by atoms with van der Waals surface area (Å²) in [5, 5.41) is 0. The molecule has 0 saturated carbocycles. The molecule has 0 spiro atoms. The van der Waals surface area contributed by atoms with Crippen molar-refractivity contribution in [1.82, 2.24) is 0 Å². The molecule has 1 aromatic carbocycles. The Morgan fingerprint density at radius 3 is 2.75 bits per heavy atom. The van der Waals surface area contributed by atoms with Gasteiger partial charge in [-0.3, -0.25) is 4.79 Å². The third-order valence-electron chi connectivity index (χ3n) is 2.05. The molecule has 0 heterocycles. The zero-order chi connectivity index (χ0) is 12.3. The van der Waals surface area contributed by atoms with E-state index in [0.29, 0.717) is 0 Å². The van der Waals surface area contributed by atoms with E-state index in [1.54, 1.807) is 0 Å². The van der Waals surface area contributed by atoms with Crippen LogP contribution in [0.4, 0.5) is 8.78 Å². The lowest BCUT2D eigenvalue weighted by Gasteiger charge is -2.10. The molecule has 1 atom stereocenters. The smallest absolute Gasteiger partial charge is 0.185 e. The maximum absolute atomic E-state index is 13.5. The molecule has 5 heteroatoms. The van der Waals surface area contributed by atoms with Gasteiger partial charge in [0.05, 0.1) is 16.1 Å². The van der Waals surface area contributed by atoms with Crippen LogP contribution in [0.25, 0.3) is 0 Å². The fraction of sp³-hybridized carbons (Fsp3) is 0.182. The van der Waals surface area contributed by atoms with Crippen LogP contribution in [-0.4, -0.2) is 11.8 Å². The van der Waals surface area contributed by atoms with E-state index in [1.165, 1.54) is 12.1 Å². The fourth-order valence-corrected chi connectivity index (χ4v) is 1.56. The summed E-state index contributed by atoms with van der Waals surface area (Å²) in [6, 6.07) is 1.23. The van der Waals surface area contributed by atoms with Crippen molar-refractivity contribution in [2.24, 2.45) is 5.73 Å². The Kier molecular flexibility index (Phi) is 4.32. The van der Waals surface area contributed by atoms with Gasteiger partial charge in [-0.1, -0.05) is 6.08 Å². The second-order valence-electron chi connectivity index (χ2n) is 3.21. The lowest BCUT2D eigenvalue weighted by Crippen LogP contribution is -2.31. The molecule has 2 N–H and O–H groups in total. The van der Waals surface area contributed by atoms with Crippen molar-refractivity contribution in [3.05, 3.63) is 46.5 Å². The summed E-state index contributed by atoms with van der Waals surface area (Å²) in [6.45, 7) is 3.41. The second-order valence-corrected chi connectivity index (χ2v) is 4.07. The molecule has 0 saturated heterocycles. The first-order chi connectivity index (χ1) is 7.49. The minimum absolute atomic E-state index is 0.0306. The highest BCUT2D eigenvalue weighted by Gasteiger charge is 2.23. The van der Waals surface area contributed by atoms with Gasteiger partial charge in [-0.05, 0) is 34.5 Å². The third-order valence-corrected chi connectivity index (χ3v) is 2.66. The Balaban J connectivity index is 3.17. The molecular formula is C11H10BrF2NO. The molecule has 0 bridgehead atoms. The van der Waals surface area contributed by atoms with E-state index in [4.69, 9.17) is 5.73 Å². The van der Waals surface area contributed by atoms with Crippen molar-refractivity contribution in [1.29, 1.82) is 0 Å². The quantitative estimate of drug-likeness (QED) is 0.526. The normalized spacial score (nSPS) is 12.2. The average Bonchev–Trinajstić information content (AvgIpc) is 2.24. The van der Waals surface area contributed by atoms with Crippen molar-refractivity contribution < 1.29 is 13.6 Å². The van der Waals surface area contributed by atoms with Crippen LogP contribution in [0.2, 0.25) is 0 Å². The predicted molar refractivity (Wildman–Crippen MR) is 61.2 cm³/mol. The number of nitrogens with two attached hydrogens (primary N) is 1. The minimum Gasteiger partial charge on any atom is -0.321 e. The molecule has 1 rings (SSSR count). The van der Waals surface area contributed by atoms with Crippen molar-refractivity contribution in [2.75, 3.05) is 0 Å². The summed E-state index contributed by atoms with van der Waals surface area (Å²) in [5.74, 6) is -2.61. The number of carbonyl (C=O) groups excluding carboxylic acids is 1.